The van der Waals surface area contributed by atoms with Crippen molar-refractivity contribution in [1.82, 2.24) is 19.7 Å². The third-order valence-electron chi connectivity index (χ3n) is 4.27. The van der Waals surface area contributed by atoms with Crippen molar-refractivity contribution < 1.29 is 13.2 Å². The molecule has 2 atom stereocenters. The number of aromatic nitrogens is 4. The number of nitrogens with two attached hydrogens (primary N) is 1. The highest BCUT2D eigenvalue weighted by Gasteiger charge is 2.32. The average Bonchev–Trinajstić information content (AvgIpc) is 2.88. The fourth-order valence-corrected chi connectivity index (χ4v) is 3.14. The summed E-state index contributed by atoms with van der Waals surface area (Å²) in [6, 6.07) is 2.77. The fraction of sp³-hybridized carbons (Fsp3) is 0.267. The Kier molecular flexibility index (Phi) is 3.08. The molecule has 1 aliphatic rings. The van der Waals surface area contributed by atoms with E-state index < -0.39 is 29.4 Å². The lowest BCUT2D eigenvalue weighted by atomic mass is 9.86. The number of benzene rings is 1. The lowest BCUT2D eigenvalue weighted by molar-refractivity contribution is 0.392. The summed E-state index contributed by atoms with van der Waals surface area (Å²) in [6.07, 6.45) is 1.88. The van der Waals surface area contributed by atoms with Crippen molar-refractivity contribution in [2.75, 3.05) is 0 Å². The molecule has 0 spiro atoms. The van der Waals surface area contributed by atoms with E-state index >= 15 is 0 Å². The number of hydrogen-bond acceptors (Lipinski definition) is 4. The van der Waals surface area contributed by atoms with Gasteiger partial charge in [-0.25, -0.2) is 18.2 Å². The van der Waals surface area contributed by atoms with Gasteiger partial charge < -0.3 is 10.3 Å². The summed E-state index contributed by atoms with van der Waals surface area (Å²) >= 11 is 0. The SMILES string of the molecule is N[C@H]1Cn2c(nc3nnccc32)CC1c1cc(F)c(F)cc1F. The zero-order chi connectivity index (χ0) is 16.1. The highest BCUT2D eigenvalue weighted by molar-refractivity contribution is 5.70. The van der Waals surface area contributed by atoms with Gasteiger partial charge in [0, 0.05) is 31.0 Å². The second kappa shape index (κ2) is 5.02. The molecule has 118 valence electrons. The van der Waals surface area contributed by atoms with Crippen LogP contribution in [0.15, 0.2) is 24.4 Å². The standard InChI is InChI=1S/C15H12F3N5/c16-9-5-11(18)10(17)3-7(9)8-4-14-21-15-13(1-2-20-22-15)23(14)6-12(8)19/h1-3,5,8,12H,4,6,19H2/t8?,12-/m0/s1. The van der Waals surface area contributed by atoms with E-state index in [0.717, 1.165) is 11.6 Å². The minimum atomic E-state index is -1.21. The first-order valence-electron chi connectivity index (χ1n) is 7.11. The predicted octanol–water partition coefficient (Wildman–Crippen LogP) is 1.91. The highest BCUT2D eigenvalue weighted by atomic mass is 19.2. The smallest absolute Gasteiger partial charge is 0.200 e. The van der Waals surface area contributed by atoms with Crippen molar-refractivity contribution in [3.63, 3.8) is 0 Å². The maximum absolute atomic E-state index is 14.1. The summed E-state index contributed by atoms with van der Waals surface area (Å²) in [6.45, 7) is 0.390. The second-order valence-corrected chi connectivity index (χ2v) is 5.64. The number of hydrogen-bond donors (Lipinski definition) is 1. The molecule has 2 N–H and O–H groups in total. The van der Waals surface area contributed by atoms with Crippen LogP contribution in [0, 0.1) is 17.5 Å². The molecule has 2 aromatic heterocycles. The third kappa shape index (κ3) is 2.17. The summed E-state index contributed by atoms with van der Waals surface area (Å²) in [5.41, 5.74) is 7.52. The summed E-state index contributed by atoms with van der Waals surface area (Å²) in [5, 5.41) is 7.73. The Balaban J connectivity index is 1.79. The van der Waals surface area contributed by atoms with Gasteiger partial charge in [0.1, 0.15) is 11.6 Å². The minimum absolute atomic E-state index is 0.0702. The Labute approximate surface area is 129 Å². The molecule has 0 saturated heterocycles. The van der Waals surface area contributed by atoms with Gasteiger partial charge in [0.2, 0.25) is 0 Å². The van der Waals surface area contributed by atoms with E-state index in [1.165, 1.54) is 0 Å². The maximum atomic E-state index is 14.1. The quantitative estimate of drug-likeness (QED) is 0.696. The summed E-state index contributed by atoms with van der Waals surface area (Å²) in [5.74, 6) is -2.90. The van der Waals surface area contributed by atoms with Crippen molar-refractivity contribution in [2.24, 2.45) is 5.73 Å². The van der Waals surface area contributed by atoms with E-state index in [1.54, 1.807) is 12.3 Å². The molecule has 3 aromatic rings. The molecule has 5 nitrogen and oxygen atoms in total. The largest absolute Gasteiger partial charge is 0.326 e. The molecule has 0 fully saturated rings. The molecular formula is C15H12F3N5. The highest BCUT2D eigenvalue weighted by Crippen LogP contribution is 2.32. The molecule has 0 bridgehead atoms. The number of imidazole rings is 1. The zero-order valence-electron chi connectivity index (χ0n) is 11.9. The Bertz CT molecular complexity index is 908. The zero-order valence-corrected chi connectivity index (χ0v) is 11.9. The van der Waals surface area contributed by atoms with E-state index in [1.807, 2.05) is 4.57 Å². The molecule has 1 aliphatic heterocycles. The average molecular weight is 319 g/mol. The van der Waals surface area contributed by atoms with E-state index in [0.29, 0.717) is 30.5 Å². The van der Waals surface area contributed by atoms with Gasteiger partial charge >= 0.3 is 0 Å². The molecular weight excluding hydrogens is 307 g/mol. The summed E-state index contributed by atoms with van der Waals surface area (Å²) in [4.78, 5) is 4.38. The van der Waals surface area contributed by atoms with Crippen LogP contribution in [0.4, 0.5) is 13.2 Å². The van der Waals surface area contributed by atoms with Crippen molar-refractivity contribution in [2.45, 2.75) is 24.9 Å². The van der Waals surface area contributed by atoms with Crippen molar-refractivity contribution in [3.8, 4) is 0 Å². The lowest BCUT2D eigenvalue weighted by Crippen LogP contribution is -2.39. The monoisotopic (exact) mass is 319 g/mol. The molecule has 1 unspecified atom stereocenters. The maximum Gasteiger partial charge on any atom is 0.200 e. The third-order valence-corrected chi connectivity index (χ3v) is 4.27. The molecule has 4 rings (SSSR count). The van der Waals surface area contributed by atoms with E-state index in [4.69, 9.17) is 5.73 Å². The van der Waals surface area contributed by atoms with Gasteiger partial charge in [-0.05, 0) is 17.7 Å². The van der Waals surface area contributed by atoms with E-state index in [2.05, 4.69) is 15.2 Å². The number of halogens is 3. The van der Waals surface area contributed by atoms with Gasteiger partial charge in [-0.15, -0.1) is 5.10 Å². The molecule has 23 heavy (non-hydrogen) atoms. The first kappa shape index (κ1) is 14.1. The Hall–Kier alpha value is -2.48. The first-order chi connectivity index (χ1) is 11.0. The Morgan fingerprint density at radius 1 is 1.13 bits per heavy atom. The number of nitrogens with zero attached hydrogens (tertiary/aromatic N) is 4. The molecule has 0 amide bonds. The van der Waals surface area contributed by atoms with E-state index in [9.17, 15) is 13.2 Å². The molecule has 0 saturated carbocycles. The number of rotatable bonds is 1. The second-order valence-electron chi connectivity index (χ2n) is 5.64. The minimum Gasteiger partial charge on any atom is -0.326 e. The van der Waals surface area contributed by atoms with Crippen LogP contribution in [0.1, 0.15) is 17.3 Å². The summed E-state index contributed by atoms with van der Waals surface area (Å²) < 4.78 is 42.6. The van der Waals surface area contributed by atoms with Crippen LogP contribution in [-0.4, -0.2) is 25.8 Å². The van der Waals surface area contributed by atoms with Crippen LogP contribution in [0.5, 0.6) is 0 Å². The van der Waals surface area contributed by atoms with Gasteiger partial charge in [-0.2, -0.15) is 5.10 Å². The topological polar surface area (TPSA) is 69.6 Å². The van der Waals surface area contributed by atoms with Crippen LogP contribution in [0.25, 0.3) is 11.2 Å². The fourth-order valence-electron chi connectivity index (χ4n) is 3.14. The molecule has 0 aliphatic carbocycles. The van der Waals surface area contributed by atoms with Gasteiger partial charge in [-0.3, -0.25) is 0 Å². The van der Waals surface area contributed by atoms with Crippen LogP contribution < -0.4 is 5.73 Å². The normalized spacial score (nSPS) is 20.7. The lowest BCUT2D eigenvalue weighted by Gasteiger charge is -2.30. The van der Waals surface area contributed by atoms with Gasteiger partial charge in [-0.1, -0.05) is 0 Å². The van der Waals surface area contributed by atoms with Gasteiger partial charge in [0.15, 0.2) is 17.3 Å². The van der Waals surface area contributed by atoms with Crippen LogP contribution in [-0.2, 0) is 13.0 Å². The number of fused-ring (bicyclic) bond motifs is 3. The molecule has 0 radical (unpaired) electrons. The van der Waals surface area contributed by atoms with Crippen molar-refractivity contribution >= 4 is 11.2 Å². The Morgan fingerprint density at radius 2 is 1.91 bits per heavy atom. The van der Waals surface area contributed by atoms with Crippen LogP contribution >= 0.6 is 0 Å². The predicted molar refractivity (Wildman–Crippen MR) is 76.1 cm³/mol. The Morgan fingerprint density at radius 3 is 2.74 bits per heavy atom. The van der Waals surface area contributed by atoms with Gasteiger partial charge in [0.05, 0.1) is 11.7 Å². The molecule has 1 aromatic carbocycles. The molecule has 3 heterocycles. The molecule has 8 heteroatoms. The van der Waals surface area contributed by atoms with Crippen molar-refractivity contribution in [1.29, 1.82) is 0 Å². The van der Waals surface area contributed by atoms with Crippen LogP contribution in [0.2, 0.25) is 0 Å². The van der Waals surface area contributed by atoms with E-state index in [-0.39, 0.29) is 5.56 Å². The first-order valence-corrected chi connectivity index (χ1v) is 7.11. The van der Waals surface area contributed by atoms with Crippen LogP contribution in [0.3, 0.4) is 0 Å². The van der Waals surface area contributed by atoms with Crippen molar-refractivity contribution in [3.05, 3.63) is 53.2 Å². The van der Waals surface area contributed by atoms with Gasteiger partial charge in [0.25, 0.3) is 0 Å². The summed E-state index contributed by atoms with van der Waals surface area (Å²) in [7, 11) is 0.